The molecule has 1 unspecified atom stereocenters. The number of ether oxygens (including phenoxy) is 2. The first-order valence-electron chi connectivity index (χ1n) is 8.03. The number of fused-ring (bicyclic) bond motifs is 1. The average molecular weight is 315 g/mol. The highest BCUT2D eigenvalue weighted by atomic mass is 19.1. The van der Waals surface area contributed by atoms with Crippen LogP contribution in [0.4, 0.5) is 4.39 Å². The van der Waals surface area contributed by atoms with Gasteiger partial charge in [-0.2, -0.15) is 0 Å². The first-order valence-corrected chi connectivity index (χ1v) is 8.03. The third-order valence-corrected chi connectivity index (χ3v) is 4.27. The molecule has 0 spiro atoms. The Hall–Kier alpha value is -2.07. The molecule has 0 aliphatic heterocycles. The van der Waals surface area contributed by atoms with Crippen LogP contribution in [0.25, 0.3) is 0 Å². The predicted molar refractivity (Wildman–Crippen MR) is 88.7 cm³/mol. The minimum absolute atomic E-state index is 0.313. The fraction of sp³-hybridized carbons (Fsp3) is 0.368. The second-order valence-corrected chi connectivity index (χ2v) is 5.81. The molecule has 3 nitrogen and oxygen atoms in total. The fourth-order valence-corrected chi connectivity index (χ4v) is 3.02. The lowest BCUT2D eigenvalue weighted by atomic mass is 9.88. The lowest BCUT2D eigenvalue weighted by Gasteiger charge is -2.26. The molecule has 0 saturated heterocycles. The maximum Gasteiger partial charge on any atom is 0.165 e. The van der Waals surface area contributed by atoms with Gasteiger partial charge in [-0.15, -0.1) is 0 Å². The van der Waals surface area contributed by atoms with Crippen molar-refractivity contribution in [2.24, 2.45) is 0 Å². The molecule has 0 saturated carbocycles. The van der Waals surface area contributed by atoms with Crippen molar-refractivity contribution in [1.82, 2.24) is 5.32 Å². The van der Waals surface area contributed by atoms with Crippen LogP contribution in [0.3, 0.4) is 0 Å². The lowest BCUT2D eigenvalue weighted by molar-refractivity contribution is 0.287. The summed E-state index contributed by atoms with van der Waals surface area (Å²) in [6.07, 6.45) is 3.18. The normalized spacial score (nSPS) is 16.7. The summed E-state index contributed by atoms with van der Waals surface area (Å²) in [4.78, 5) is 0. The lowest BCUT2D eigenvalue weighted by Crippen LogP contribution is -2.37. The Morgan fingerprint density at radius 1 is 1.17 bits per heavy atom. The van der Waals surface area contributed by atoms with Gasteiger partial charge in [0.25, 0.3) is 0 Å². The van der Waals surface area contributed by atoms with Crippen molar-refractivity contribution in [3.8, 4) is 11.5 Å². The highest BCUT2D eigenvalue weighted by Gasteiger charge is 2.18. The van der Waals surface area contributed by atoms with E-state index < -0.39 is 0 Å². The van der Waals surface area contributed by atoms with Crippen molar-refractivity contribution >= 4 is 0 Å². The van der Waals surface area contributed by atoms with E-state index in [0.717, 1.165) is 25.0 Å². The number of hydrogen-bond acceptors (Lipinski definition) is 3. The number of rotatable bonds is 6. The van der Waals surface area contributed by atoms with Gasteiger partial charge in [-0.25, -0.2) is 4.39 Å². The van der Waals surface area contributed by atoms with Gasteiger partial charge in [-0.05, 0) is 54.7 Å². The van der Waals surface area contributed by atoms with Gasteiger partial charge in [0, 0.05) is 12.6 Å². The summed E-state index contributed by atoms with van der Waals surface area (Å²) in [5, 5.41) is 3.50. The topological polar surface area (TPSA) is 30.5 Å². The van der Waals surface area contributed by atoms with Crippen LogP contribution < -0.4 is 14.8 Å². The SMILES string of the molecule is COc1ccc2c(c1)CC(NCCOc1ccccc1F)CC2. The number of nitrogens with one attached hydrogen (secondary N) is 1. The van der Waals surface area contributed by atoms with E-state index in [0.29, 0.717) is 24.9 Å². The molecular weight excluding hydrogens is 293 g/mol. The summed E-state index contributed by atoms with van der Waals surface area (Å²) < 4.78 is 24.2. The summed E-state index contributed by atoms with van der Waals surface area (Å²) in [7, 11) is 1.69. The maximum absolute atomic E-state index is 13.5. The van der Waals surface area contributed by atoms with Crippen molar-refractivity contribution < 1.29 is 13.9 Å². The number of benzene rings is 2. The zero-order chi connectivity index (χ0) is 16.1. The number of hydrogen-bond donors (Lipinski definition) is 1. The maximum atomic E-state index is 13.5. The molecule has 0 fully saturated rings. The van der Waals surface area contributed by atoms with Gasteiger partial charge in [-0.1, -0.05) is 18.2 Å². The van der Waals surface area contributed by atoms with Crippen LogP contribution in [0.15, 0.2) is 42.5 Å². The Labute approximate surface area is 136 Å². The molecule has 1 aliphatic carbocycles. The van der Waals surface area contributed by atoms with Crippen LogP contribution in [-0.2, 0) is 12.8 Å². The van der Waals surface area contributed by atoms with E-state index in [1.54, 1.807) is 25.3 Å². The summed E-state index contributed by atoms with van der Waals surface area (Å²) in [6, 6.07) is 13.2. The van der Waals surface area contributed by atoms with Crippen LogP contribution in [0, 0.1) is 5.82 Å². The van der Waals surface area contributed by atoms with E-state index in [4.69, 9.17) is 9.47 Å². The zero-order valence-corrected chi connectivity index (χ0v) is 13.3. The highest BCUT2D eigenvalue weighted by Crippen LogP contribution is 2.25. The van der Waals surface area contributed by atoms with Gasteiger partial charge < -0.3 is 14.8 Å². The Bertz CT molecular complexity index is 660. The van der Waals surface area contributed by atoms with Crippen LogP contribution in [-0.4, -0.2) is 26.3 Å². The summed E-state index contributed by atoms with van der Waals surface area (Å²) in [6.45, 7) is 1.17. The van der Waals surface area contributed by atoms with Crippen molar-refractivity contribution in [2.45, 2.75) is 25.3 Å². The molecule has 2 aromatic rings. The van der Waals surface area contributed by atoms with E-state index in [1.807, 2.05) is 6.07 Å². The van der Waals surface area contributed by atoms with Gasteiger partial charge in [0.05, 0.1) is 7.11 Å². The molecule has 0 bridgehead atoms. The average Bonchev–Trinajstić information content (AvgIpc) is 2.59. The number of aryl methyl sites for hydroxylation is 1. The zero-order valence-electron chi connectivity index (χ0n) is 13.3. The third kappa shape index (κ3) is 4.02. The molecule has 0 heterocycles. The molecule has 3 rings (SSSR count). The summed E-state index contributed by atoms with van der Waals surface area (Å²) in [5.41, 5.74) is 2.76. The molecule has 1 aliphatic rings. The summed E-state index contributed by atoms with van der Waals surface area (Å²) in [5.74, 6) is 0.909. The predicted octanol–water partition coefficient (Wildman–Crippen LogP) is 3.36. The number of methoxy groups -OCH3 is 1. The molecule has 23 heavy (non-hydrogen) atoms. The van der Waals surface area contributed by atoms with E-state index in [9.17, 15) is 4.39 Å². The Morgan fingerprint density at radius 3 is 2.87 bits per heavy atom. The molecule has 0 aromatic heterocycles. The van der Waals surface area contributed by atoms with E-state index >= 15 is 0 Å². The third-order valence-electron chi connectivity index (χ3n) is 4.27. The molecule has 122 valence electrons. The van der Waals surface area contributed by atoms with Crippen molar-refractivity contribution in [3.05, 3.63) is 59.4 Å². The fourth-order valence-electron chi connectivity index (χ4n) is 3.02. The van der Waals surface area contributed by atoms with Gasteiger partial charge >= 0.3 is 0 Å². The second kappa shape index (κ2) is 7.47. The van der Waals surface area contributed by atoms with Crippen molar-refractivity contribution in [2.75, 3.05) is 20.3 Å². The Balaban J connectivity index is 1.47. The number of halogens is 1. The standard InChI is InChI=1S/C19H22FNO2/c1-22-17-9-7-14-6-8-16(12-15(14)13-17)21-10-11-23-19-5-3-2-4-18(19)20/h2-5,7,9,13,16,21H,6,8,10-12H2,1H3. The number of para-hydroxylation sites is 1. The summed E-state index contributed by atoms with van der Waals surface area (Å²) >= 11 is 0. The molecule has 1 N–H and O–H groups in total. The molecule has 4 heteroatoms. The van der Waals surface area contributed by atoms with Gasteiger partial charge in [0.1, 0.15) is 12.4 Å². The quantitative estimate of drug-likeness (QED) is 0.829. The minimum atomic E-state index is -0.314. The highest BCUT2D eigenvalue weighted by molar-refractivity contribution is 5.37. The first kappa shape index (κ1) is 15.8. The first-order chi connectivity index (χ1) is 11.3. The monoisotopic (exact) mass is 315 g/mol. The van der Waals surface area contributed by atoms with Crippen LogP contribution in [0.5, 0.6) is 11.5 Å². The van der Waals surface area contributed by atoms with E-state index in [2.05, 4.69) is 17.4 Å². The molecular formula is C19H22FNO2. The second-order valence-electron chi connectivity index (χ2n) is 5.81. The Kier molecular flexibility index (Phi) is 5.13. The van der Waals surface area contributed by atoms with Crippen LogP contribution in [0.2, 0.25) is 0 Å². The minimum Gasteiger partial charge on any atom is -0.497 e. The van der Waals surface area contributed by atoms with Crippen molar-refractivity contribution in [1.29, 1.82) is 0 Å². The molecule has 0 amide bonds. The molecule has 0 radical (unpaired) electrons. The molecule has 2 aromatic carbocycles. The van der Waals surface area contributed by atoms with Crippen LogP contribution >= 0.6 is 0 Å². The smallest absolute Gasteiger partial charge is 0.165 e. The van der Waals surface area contributed by atoms with Gasteiger partial charge in [0.2, 0.25) is 0 Å². The Morgan fingerprint density at radius 2 is 2.04 bits per heavy atom. The van der Waals surface area contributed by atoms with Gasteiger partial charge in [-0.3, -0.25) is 0 Å². The van der Waals surface area contributed by atoms with Gasteiger partial charge in [0.15, 0.2) is 11.6 Å². The molecule has 1 atom stereocenters. The van der Waals surface area contributed by atoms with Crippen LogP contribution in [0.1, 0.15) is 17.5 Å². The largest absolute Gasteiger partial charge is 0.497 e. The van der Waals surface area contributed by atoms with E-state index in [1.165, 1.54) is 17.2 Å². The van der Waals surface area contributed by atoms with E-state index in [-0.39, 0.29) is 5.82 Å². The van der Waals surface area contributed by atoms with Crippen molar-refractivity contribution in [3.63, 3.8) is 0 Å².